The topological polar surface area (TPSA) is 123 Å². The highest BCUT2D eigenvalue weighted by molar-refractivity contribution is 7.89. The summed E-state index contributed by atoms with van der Waals surface area (Å²) in [6, 6.07) is 15.9. The van der Waals surface area contributed by atoms with Gasteiger partial charge in [-0.2, -0.15) is 0 Å². The number of para-hydroxylation sites is 1. The van der Waals surface area contributed by atoms with Gasteiger partial charge in [-0.1, -0.05) is 36.2 Å². The average molecular weight is 496 g/mol. The molecule has 0 amide bonds. The van der Waals surface area contributed by atoms with E-state index < -0.39 is 16.0 Å². The predicted octanol–water partition coefficient (Wildman–Crippen LogP) is 4.40. The number of aromatic hydroxyl groups is 1. The zero-order chi connectivity index (χ0) is 25.0. The molecule has 1 aromatic heterocycles. The van der Waals surface area contributed by atoms with Crippen LogP contribution in [-0.2, 0) is 14.8 Å². The van der Waals surface area contributed by atoms with Crippen LogP contribution >= 0.6 is 0 Å². The molecule has 0 bridgehead atoms. The number of unbranched alkanes of at least 4 members (excludes halogenated alkanes) is 2. The largest absolute Gasteiger partial charge is 0.507 e. The van der Waals surface area contributed by atoms with Crippen molar-refractivity contribution < 1.29 is 27.5 Å². The molecule has 0 spiro atoms. The molecule has 0 fully saturated rings. The maximum absolute atomic E-state index is 12.7. The number of fused-ring (bicyclic) bond motifs is 2. The van der Waals surface area contributed by atoms with Crippen LogP contribution in [0.5, 0.6) is 11.5 Å². The Morgan fingerprint density at radius 2 is 1.74 bits per heavy atom. The highest BCUT2D eigenvalue weighted by atomic mass is 32.2. The average Bonchev–Trinajstić information content (AvgIpc) is 2.81. The number of aryl methyl sites for hydroxylation is 1. The molecule has 0 atom stereocenters. The second-order valence-electron chi connectivity index (χ2n) is 8.24. The summed E-state index contributed by atoms with van der Waals surface area (Å²) in [4.78, 5) is 25.1. The number of rotatable bonds is 9. The smallest absolute Gasteiger partial charge is 0.311 e. The van der Waals surface area contributed by atoms with Crippen molar-refractivity contribution in [1.82, 2.24) is 4.72 Å². The van der Waals surface area contributed by atoms with Gasteiger partial charge in [0.15, 0.2) is 0 Å². The Kier molecular flexibility index (Phi) is 7.18. The van der Waals surface area contributed by atoms with Crippen molar-refractivity contribution in [2.24, 2.45) is 0 Å². The summed E-state index contributed by atoms with van der Waals surface area (Å²) in [5.74, 6) is -0.762. The molecule has 8 nitrogen and oxygen atoms in total. The van der Waals surface area contributed by atoms with Gasteiger partial charge in [-0.25, -0.2) is 13.1 Å². The predicted molar refractivity (Wildman–Crippen MR) is 132 cm³/mol. The number of sulfonamides is 1. The molecule has 182 valence electrons. The molecule has 9 heteroatoms. The van der Waals surface area contributed by atoms with Crippen molar-refractivity contribution in [2.75, 3.05) is 6.54 Å². The number of esters is 1. The van der Waals surface area contributed by atoms with Crippen LogP contribution < -0.4 is 14.9 Å². The number of phenolic OH excluding ortho intramolecular Hbond substituents is 1. The third-order valence-corrected chi connectivity index (χ3v) is 7.02. The maximum Gasteiger partial charge on any atom is 0.311 e. The van der Waals surface area contributed by atoms with E-state index in [2.05, 4.69) is 4.72 Å². The molecule has 0 aliphatic heterocycles. The summed E-state index contributed by atoms with van der Waals surface area (Å²) < 4.78 is 38.1. The Hall–Kier alpha value is -3.69. The Labute approximate surface area is 202 Å². The highest BCUT2D eigenvalue weighted by Crippen LogP contribution is 2.30. The molecule has 2 N–H and O–H groups in total. The van der Waals surface area contributed by atoms with E-state index in [0.717, 1.165) is 5.56 Å². The van der Waals surface area contributed by atoms with E-state index in [1.165, 1.54) is 12.1 Å². The van der Waals surface area contributed by atoms with Crippen molar-refractivity contribution in [3.63, 3.8) is 0 Å². The first-order valence-electron chi connectivity index (χ1n) is 11.2. The normalized spacial score (nSPS) is 11.7. The lowest BCUT2D eigenvalue weighted by molar-refractivity contribution is -0.134. The van der Waals surface area contributed by atoms with Crippen molar-refractivity contribution in [2.45, 2.75) is 37.5 Å². The van der Waals surface area contributed by atoms with Crippen LogP contribution in [0, 0.1) is 6.92 Å². The van der Waals surface area contributed by atoms with E-state index in [1.54, 1.807) is 48.5 Å². The SMILES string of the molecule is Cc1ccc(S(=O)(=O)NCCCCCC(=O)Oc2cc(O)c3c(=O)c4ccccc4oc3c2)cc1. The molecule has 0 unspecified atom stereocenters. The zero-order valence-electron chi connectivity index (χ0n) is 19.1. The number of ether oxygens (including phenoxy) is 1. The van der Waals surface area contributed by atoms with Crippen molar-refractivity contribution >= 4 is 37.9 Å². The lowest BCUT2D eigenvalue weighted by Gasteiger charge is -2.08. The maximum atomic E-state index is 12.7. The summed E-state index contributed by atoms with van der Waals surface area (Å²) in [6.07, 6.45) is 1.80. The molecule has 0 radical (unpaired) electrons. The van der Waals surface area contributed by atoms with E-state index in [0.29, 0.717) is 30.2 Å². The molecule has 0 aliphatic carbocycles. The Balaban J connectivity index is 1.29. The molecular weight excluding hydrogens is 470 g/mol. The Morgan fingerprint density at radius 3 is 2.51 bits per heavy atom. The third-order valence-electron chi connectivity index (χ3n) is 5.55. The van der Waals surface area contributed by atoms with Crippen LogP contribution in [0.1, 0.15) is 31.2 Å². The van der Waals surface area contributed by atoms with Crippen molar-refractivity contribution in [3.05, 3.63) is 76.5 Å². The Bertz CT molecular complexity index is 1540. The van der Waals surface area contributed by atoms with Gasteiger partial charge >= 0.3 is 5.97 Å². The fraction of sp³-hybridized carbons (Fsp3) is 0.231. The van der Waals surface area contributed by atoms with Gasteiger partial charge < -0.3 is 14.3 Å². The van der Waals surface area contributed by atoms with Crippen LogP contribution in [-0.4, -0.2) is 26.0 Å². The molecule has 1 heterocycles. The van der Waals surface area contributed by atoms with Gasteiger partial charge in [0, 0.05) is 25.1 Å². The van der Waals surface area contributed by atoms with E-state index in [-0.39, 0.29) is 45.8 Å². The first-order chi connectivity index (χ1) is 16.7. The fourth-order valence-corrected chi connectivity index (χ4v) is 4.78. The first-order valence-corrected chi connectivity index (χ1v) is 12.7. The minimum atomic E-state index is -3.56. The molecule has 0 saturated heterocycles. The molecule has 35 heavy (non-hydrogen) atoms. The van der Waals surface area contributed by atoms with Crippen LogP contribution in [0.3, 0.4) is 0 Å². The number of benzene rings is 3. The third kappa shape index (κ3) is 5.70. The number of carbonyl (C=O) groups excluding carboxylic acids is 1. The van der Waals surface area contributed by atoms with Crippen LogP contribution in [0.25, 0.3) is 21.9 Å². The summed E-state index contributed by atoms with van der Waals surface area (Å²) >= 11 is 0. The number of phenols is 1. The highest BCUT2D eigenvalue weighted by Gasteiger charge is 2.15. The number of hydrogen-bond donors (Lipinski definition) is 2. The second kappa shape index (κ2) is 10.3. The number of nitrogens with one attached hydrogen (secondary N) is 1. The second-order valence-corrected chi connectivity index (χ2v) is 10.0. The molecule has 4 rings (SSSR count). The summed E-state index contributed by atoms with van der Waals surface area (Å²) in [5.41, 5.74) is 1.10. The van der Waals surface area contributed by atoms with Gasteiger partial charge in [0.05, 0.1) is 10.3 Å². The van der Waals surface area contributed by atoms with Crippen LogP contribution in [0.2, 0.25) is 0 Å². The van der Waals surface area contributed by atoms with E-state index >= 15 is 0 Å². The molecule has 4 aromatic rings. The standard InChI is InChI=1S/C26H25NO7S/c1-17-10-12-19(13-11-17)35(31,32)27-14-6-2-3-9-24(29)33-18-15-21(28)25-23(16-18)34-22-8-5-4-7-20(22)26(25)30/h4-5,7-8,10-13,15-16,27-28H,2-3,6,9,14H2,1H3. The van der Waals surface area contributed by atoms with Gasteiger partial charge in [0.25, 0.3) is 0 Å². The van der Waals surface area contributed by atoms with Crippen molar-refractivity contribution in [1.29, 1.82) is 0 Å². The van der Waals surface area contributed by atoms with Gasteiger partial charge in [-0.15, -0.1) is 0 Å². The Morgan fingerprint density at radius 1 is 1.00 bits per heavy atom. The zero-order valence-corrected chi connectivity index (χ0v) is 19.9. The quantitative estimate of drug-likeness (QED) is 0.153. The summed E-state index contributed by atoms with van der Waals surface area (Å²) in [5, 5.41) is 10.7. The summed E-state index contributed by atoms with van der Waals surface area (Å²) in [7, 11) is -3.56. The molecule has 0 saturated carbocycles. The lowest BCUT2D eigenvalue weighted by Crippen LogP contribution is -2.24. The van der Waals surface area contributed by atoms with Gasteiger partial charge in [0.2, 0.25) is 15.5 Å². The van der Waals surface area contributed by atoms with E-state index in [4.69, 9.17) is 9.15 Å². The van der Waals surface area contributed by atoms with Gasteiger partial charge in [0.1, 0.15) is 28.1 Å². The van der Waals surface area contributed by atoms with Crippen LogP contribution in [0.4, 0.5) is 0 Å². The van der Waals surface area contributed by atoms with Crippen LogP contribution in [0.15, 0.2) is 74.8 Å². The first kappa shape index (κ1) is 24.4. The molecule has 0 aliphatic rings. The fourth-order valence-electron chi connectivity index (χ4n) is 3.70. The minimum absolute atomic E-state index is 0.0246. The monoisotopic (exact) mass is 495 g/mol. The number of carbonyl (C=O) groups is 1. The minimum Gasteiger partial charge on any atom is -0.507 e. The van der Waals surface area contributed by atoms with E-state index in [9.17, 15) is 23.1 Å². The summed E-state index contributed by atoms with van der Waals surface area (Å²) in [6.45, 7) is 2.15. The van der Waals surface area contributed by atoms with Gasteiger partial charge in [-0.05, 0) is 44.0 Å². The number of hydrogen-bond acceptors (Lipinski definition) is 7. The van der Waals surface area contributed by atoms with E-state index in [1.807, 2.05) is 6.92 Å². The molecular formula is C26H25NO7S. The van der Waals surface area contributed by atoms with Gasteiger partial charge in [-0.3, -0.25) is 9.59 Å². The lowest BCUT2D eigenvalue weighted by atomic mass is 10.1. The van der Waals surface area contributed by atoms with Crippen molar-refractivity contribution in [3.8, 4) is 11.5 Å². The molecule has 3 aromatic carbocycles.